The smallest absolute Gasteiger partial charge is 0.332 e. The average molecular weight is 435 g/mol. The molecule has 10 nitrogen and oxygen atoms in total. The van der Waals surface area contributed by atoms with Crippen LogP contribution in [0, 0.1) is 0 Å². The van der Waals surface area contributed by atoms with E-state index in [1.165, 1.54) is 57.6 Å². The lowest BCUT2D eigenvalue weighted by atomic mass is 10.2. The molecule has 2 unspecified atom stereocenters. The molecule has 29 heavy (non-hydrogen) atoms. The van der Waals surface area contributed by atoms with Gasteiger partial charge in [0.05, 0.1) is 6.33 Å². The Morgan fingerprint density at radius 3 is 2.69 bits per heavy atom. The molecule has 3 aromatic rings. The standard InChI is InChI=1S/C17H17N5O5S2/c1-19-13-12(14(24)20(2)17(19)27)21(8-18-13)6-11(23)22-9(16(25)26)7-29-15(22)10-4-3-5-28-10/h3-5,8-9,15H,6-7H2,1-2H3,(H,25,26). The molecular formula is C17H17N5O5S2. The molecule has 4 rings (SSSR count). The zero-order valence-electron chi connectivity index (χ0n) is 15.5. The van der Waals surface area contributed by atoms with Gasteiger partial charge in [0.2, 0.25) is 5.91 Å². The summed E-state index contributed by atoms with van der Waals surface area (Å²) >= 11 is 2.85. The third kappa shape index (κ3) is 3.08. The van der Waals surface area contributed by atoms with E-state index in [1.807, 2.05) is 17.5 Å². The minimum Gasteiger partial charge on any atom is -0.480 e. The van der Waals surface area contributed by atoms with Gasteiger partial charge in [-0.05, 0) is 11.4 Å². The van der Waals surface area contributed by atoms with E-state index < -0.39 is 34.5 Å². The molecule has 1 fully saturated rings. The first-order valence-electron chi connectivity index (χ1n) is 8.61. The van der Waals surface area contributed by atoms with Crippen molar-refractivity contribution in [2.24, 2.45) is 14.1 Å². The van der Waals surface area contributed by atoms with Gasteiger partial charge in [0.15, 0.2) is 11.2 Å². The molecule has 12 heteroatoms. The number of aromatic nitrogens is 4. The Morgan fingerprint density at radius 2 is 2.03 bits per heavy atom. The van der Waals surface area contributed by atoms with Crippen LogP contribution in [0.1, 0.15) is 10.3 Å². The Morgan fingerprint density at radius 1 is 1.28 bits per heavy atom. The van der Waals surface area contributed by atoms with Gasteiger partial charge in [0.25, 0.3) is 5.56 Å². The number of rotatable bonds is 4. The van der Waals surface area contributed by atoms with Gasteiger partial charge in [-0.3, -0.25) is 18.7 Å². The maximum atomic E-state index is 13.2. The molecular weight excluding hydrogens is 418 g/mol. The summed E-state index contributed by atoms with van der Waals surface area (Å²) in [6.07, 6.45) is 1.32. The van der Waals surface area contributed by atoms with Crippen LogP contribution in [0.15, 0.2) is 33.4 Å². The van der Waals surface area contributed by atoms with E-state index >= 15 is 0 Å². The van der Waals surface area contributed by atoms with Gasteiger partial charge in [-0.25, -0.2) is 14.6 Å². The Bertz CT molecular complexity index is 1230. The van der Waals surface area contributed by atoms with Gasteiger partial charge in [-0.2, -0.15) is 0 Å². The molecule has 1 amide bonds. The summed E-state index contributed by atoms with van der Waals surface area (Å²) < 4.78 is 3.55. The van der Waals surface area contributed by atoms with E-state index in [2.05, 4.69) is 4.98 Å². The highest BCUT2D eigenvalue weighted by atomic mass is 32.2. The summed E-state index contributed by atoms with van der Waals surface area (Å²) in [5, 5.41) is 11.1. The second kappa shape index (κ2) is 7.19. The summed E-state index contributed by atoms with van der Waals surface area (Å²) in [6, 6.07) is 2.76. The monoisotopic (exact) mass is 435 g/mol. The van der Waals surface area contributed by atoms with Crippen molar-refractivity contribution < 1.29 is 14.7 Å². The number of carboxylic acid groups (broad SMARTS) is 1. The van der Waals surface area contributed by atoms with Gasteiger partial charge in [-0.1, -0.05) is 6.07 Å². The summed E-state index contributed by atoms with van der Waals surface area (Å²) in [6.45, 7) is -0.254. The highest BCUT2D eigenvalue weighted by molar-refractivity contribution is 7.99. The number of thioether (sulfide) groups is 1. The zero-order chi connectivity index (χ0) is 20.9. The van der Waals surface area contributed by atoms with Crippen molar-refractivity contribution in [3.05, 3.63) is 49.6 Å². The van der Waals surface area contributed by atoms with Crippen LogP contribution >= 0.6 is 23.1 Å². The van der Waals surface area contributed by atoms with E-state index in [9.17, 15) is 24.3 Å². The fourth-order valence-corrected chi connectivity index (χ4v) is 5.80. The molecule has 1 saturated heterocycles. The summed E-state index contributed by atoms with van der Waals surface area (Å²) in [5.41, 5.74) is -0.784. The first kappa shape index (κ1) is 19.5. The number of aliphatic carboxylic acids is 1. The maximum absolute atomic E-state index is 13.2. The lowest BCUT2D eigenvalue weighted by Gasteiger charge is -2.27. The number of carbonyl (C=O) groups is 2. The van der Waals surface area contributed by atoms with Gasteiger partial charge < -0.3 is 14.6 Å². The minimum absolute atomic E-state index is 0.120. The van der Waals surface area contributed by atoms with Gasteiger partial charge in [0.1, 0.15) is 18.0 Å². The number of hydrogen-bond donors (Lipinski definition) is 1. The number of imidazole rings is 1. The van der Waals surface area contributed by atoms with Crippen LogP contribution in [0.25, 0.3) is 11.2 Å². The molecule has 0 aliphatic carbocycles. The first-order chi connectivity index (χ1) is 13.8. The minimum atomic E-state index is -1.07. The molecule has 0 radical (unpaired) electrons. The molecule has 0 bridgehead atoms. The SMILES string of the molecule is Cn1c(=O)c2c(ncn2CC(=O)N2C(C(=O)O)CSC2c2cccs2)n(C)c1=O. The second-order valence-corrected chi connectivity index (χ2v) is 8.70. The number of carboxylic acids is 1. The van der Waals surface area contributed by atoms with Crippen LogP contribution < -0.4 is 11.2 Å². The topological polar surface area (TPSA) is 119 Å². The van der Waals surface area contributed by atoms with Crippen molar-refractivity contribution in [3.8, 4) is 0 Å². The van der Waals surface area contributed by atoms with Crippen LogP contribution in [-0.2, 0) is 30.2 Å². The summed E-state index contributed by atoms with van der Waals surface area (Å²) in [7, 11) is 2.85. The molecule has 1 N–H and O–H groups in total. The van der Waals surface area contributed by atoms with Crippen molar-refractivity contribution in [1.29, 1.82) is 0 Å². The van der Waals surface area contributed by atoms with Gasteiger partial charge in [0, 0.05) is 24.7 Å². The summed E-state index contributed by atoms with van der Waals surface area (Å²) in [5.74, 6) is -1.22. The Hall–Kier alpha value is -2.86. The number of thiophene rings is 1. The van der Waals surface area contributed by atoms with Crippen molar-refractivity contribution in [2.75, 3.05) is 5.75 Å². The third-order valence-corrected chi connectivity index (χ3v) is 7.26. The molecule has 4 heterocycles. The number of fused-ring (bicyclic) bond motifs is 1. The van der Waals surface area contributed by atoms with Crippen molar-refractivity contribution in [3.63, 3.8) is 0 Å². The largest absolute Gasteiger partial charge is 0.480 e. The molecule has 152 valence electrons. The second-order valence-electron chi connectivity index (χ2n) is 6.61. The predicted molar refractivity (Wildman–Crippen MR) is 108 cm³/mol. The van der Waals surface area contributed by atoms with Crippen LogP contribution in [0.4, 0.5) is 0 Å². The number of nitrogens with zero attached hydrogens (tertiary/aromatic N) is 5. The molecule has 0 aromatic carbocycles. The van der Waals surface area contributed by atoms with Crippen molar-refractivity contribution in [1.82, 2.24) is 23.6 Å². The lowest BCUT2D eigenvalue weighted by molar-refractivity contribution is -0.149. The number of aryl methyl sites for hydroxylation is 1. The molecule has 1 aliphatic heterocycles. The van der Waals surface area contributed by atoms with E-state index in [0.717, 1.165) is 9.44 Å². The van der Waals surface area contributed by atoms with Crippen LogP contribution in [-0.4, -0.2) is 52.4 Å². The van der Waals surface area contributed by atoms with Crippen LogP contribution in [0.2, 0.25) is 0 Å². The van der Waals surface area contributed by atoms with E-state index in [1.54, 1.807) is 0 Å². The highest BCUT2D eigenvalue weighted by Gasteiger charge is 2.42. The number of amides is 1. The van der Waals surface area contributed by atoms with Gasteiger partial charge >= 0.3 is 11.7 Å². The molecule has 0 saturated carbocycles. The zero-order valence-corrected chi connectivity index (χ0v) is 17.1. The van der Waals surface area contributed by atoms with Gasteiger partial charge in [-0.15, -0.1) is 23.1 Å². The Kier molecular flexibility index (Phi) is 4.82. The van der Waals surface area contributed by atoms with Crippen molar-refractivity contribution in [2.45, 2.75) is 18.0 Å². The lowest BCUT2D eigenvalue weighted by Crippen LogP contribution is -2.44. The highest BCUT2D eigenvalue weighted by Crippen LogP contribution is 2.43. The predicted octanol–water partition coefficient (Wildman–Crippen LogP) is 0.223. The van der Waals surface area contributed by atoms with Crippen LogP contribution in [0.5, 0.6) is 0 Å². The fraction of sp³-hybridized carbons (Fsp3) is 0.353. The van der Waals surface area contributed by atoms with E-state index in [0.29, 0.717) is 0 Å². The quantitative estimate of drug-likeness (QED) is 0.623. The molecule has 1 aliphatic rings. The maximum Gasteiger partial charge on any atom is 0.332 e. The first-order valence-corrected chi connectivity index (χ1v) is 10.5. The normalized spacial score (nSPS) is 19.2. The number of carbonyl (C=O) groups excluding carboxylic acids is 1. The average Bonchev–Trinajstić information content (AvgIpc) is 3.42. The van der Waals surface area contributed by atoms with E-state index in [-0.39, 0.29) is 23.5 Å². The Labute approximate surface area is 172 Å². The van der Waals surface area contributed by atoms with E-state index in [4.69, 9.17) is 0 Å². The molecule has 0 spiro atoms. The number of hydrogen-bond acceptors (Lipinski definition) is 7. The molecule has 3 aromatic heterocycles. The van der Waals surface area contributed by atoms with Crippen molar-refractivity contribution >= 4 is 46.1 Å². The third-order valence-electron chi connectivity index (χ3n) is 4.88. The fourth-order valence-electron chi connectivity index (χ4n) is 3.40. The Balaban J connectivity index is 1.74. The van der Waals surface area contributed by atoms with Crippen LogP contribution in [0.3, 0.4) is 0 Å². The molecule has 2 atom stereocenters. The summed E-state index contributed by atoms with van der Waals surface area (Å²) in [4.78, 5) is 55.9.